The van der Waals surface area contributed by atoms with Gasteiger partial charge in [0.25, 0.3) is 0 Å². The van der Waals surface area contributed by atoms with Gasteiger partial charge in [-0.05, 0) is 42.6 Å². The predicted molar refractivity (Wildman–Crippen MR) is 67.2 cm³/mol. The number of benzene rings is 1. The third-order valence-electron chi connectivity index (χ3n) is 3.10. The van der Waals surface area contributed by atoms with Gasteiger partial charge in [-0.25, -0.2) is 0 Å². The summed E-state index contributed by atoms with van der Waals surface area (Å²) in [6.45, 7) is 4.33. The SMILES string of the molecule is Cc1ccc(C)c(N2C[C@H](C(=O)Cl)CC2=O)c1. The van der Waals surface area contributed by atoms with Crippen LogP contribution in [0.5, 0.6) is 0 Å². The van der Waals surface area contributed by atoms with Crippen molar-refractivity contribution in [2.75, 3.05) is 11.4 Å². The van der Waals surface area contributed by atoms with E-state index in [1.54, 1.807) is 4.90 Å². The van der Waals surface area contributed by atoms with E-state index in [1.807, 2.05) is 32.0 Å². The Morgan fingerprint density at radius 1 is 1.41 bits per heavy atom. The molecule has 1 heterocycles. The lowest BCUT2D eigenvalue weighted by molar-refractivity contribution is -0.120. The zero-order chi connectivity index (χ0) is 12.6. The standard InChI is InChI=1S/C13H14ClNO2/c1-8-3-4-9(2)11(5-8)15-7-10(13(14)17)6-12(15)16/h3-5,10H,6-7H2,1-2H3/t10-/m1/s1. The van der Waals surface area contributed by atoms with Crippen molar-refractivity contribution in [1.82, 2.24) is 0 Å². The maximum atomic E-state index is 11.9. The first-order valence-corrected chi connectivity index (χ1v) is 5.94. The minimum atomic E-state index is -0.425. The smallest absolute Gasteiger partial charge is 0.227 e. The van der Waals surface area contributed by atoms with Crippen LogP contribution < -0.4 is 4.90 Å². The molecule has 3 nitrogen and oxygen atoms in total. The number of hydrogen-bond acceptors (Lipinski definition) is 2. The summed E-state index contributed by atoms with van der Waals surface area (Å²) in [6, 6.07) is 5.95. The number of aryl methyl sites for hydroxylation is 2. The minimum absolute atomic E-state index is 0.0299. The van der Waals surface area contributed by atoms with Crippen molar-refractivity contribution in [2.45, 2.75) is 20.3 Å². The van der Waals surface area contributed by atoms with Crippen LogP contribution in [0.3, 0.4) is 0 Å². The van der Waals surface area contributed by atoms with Crippen LogP contribution >= 0.6 is 11.6 Å². The van der Waals surface area contributed by atoms with Crippen molar-refractivity contribution >= 4 is 28.4 Å². The van der Waals surface area contributed by atoms with E-state index >= 15 is 0 Å². The van der Waals surface area contributed by atoms with Crippen LogP contribution in [0.4, 0.5) is 5.69 Å². The molecule has 1 fully saturated rings. The van der Waals surface area contributed by atoms with E-state index in [9.17, 15) is 9.59 Å². The molecule has 1 amide bonds. The molecule has 0 spiro atoms. The Kier molecular flexibility index (Phi) is 3.20. The molecule has 0 unspecified atom stereocenters. The molecular formula is C13H14ClNO2. The van der Waals surface area contributed by atoms with E-state index in [1.165, 1.54) is 0 Å². The van der Waals surface area contributed by atoms with Crippen LogP contribution in [-0.2, 0) is 9.59 Å². The number of carbonyl (C=O) groups is 2. The van der Waals surface area contributed by atoms with E-state index in [4.69, 9.17) is 11.6 Å². The maximum absolute atomic E-state index is 11.9. The highest BCUT2D eigenvalue weighted by molar-refractivity contribution is 6.64. The fourth-order valence-corrected chi connectivity index (χ4v) is 2.25. The van der Waals surface area contributed by atoms with E-state index in [0.717, 1.165) is 16.8 Å². The van der Waals surface area contributed by atoms with Crippen LogP contribution in [0.2, 0.25) is 0 Å². The maximum Gasteiger partial charge on any atom is 0.227 e. The molecular weight excluding hydrogens is 238 g/mol. The lowest BCUT2D eigenvalue weighted by Crippen LogP contribution is -2.26. The zero-order valence-electron chi connectivity index (χ0n) is 9.87. The fourth-order valence-electron chi connectivity index (χ4n) is 2.10. The number of halogens is 1. The average Bonchev–Trinajstić information content (AvgIpc) is 2.64. The lowest BCUT2D eigenvalue weighted by Gasteiger charge is -2.19. The predicted octanol–water partition coefficient (Wildman–Crippen LogP) is 2.42. The summed E-state index contributed by atoms with van der Waals surface area (Å²) in [5, 5.41) is -0.425. The van der Waals surface area contributed by atoms with Crippen molar-refractivity contribution in [1.29, 1.82) is 0 Å². The monoisotopic (exact) mass is 251 g/mol. The first kappa shape index (κ1) is 12.1. The van der Waals surface area contributed by atoms with E-state index in [2.05, 4.69) is 0 Å². The second kappa shape index (κ2) is 4.49. The molecule has 0 aromatic heterocycles. The highest BCUT2D eigenvalue weighted by Gasteiger charge is 2.34. The van der Waals surface area contributed by atoms with Gasteiger partial charge in [0.15, 0.2) is 0 Å². The molecule has 1 saturated heterocycles. The molecule has 0 saturated carbocycles. The van der Waals surface area contributed by atoms with Gasteiger partial charge in [0.05, 0.1) is 5.92 Å². The van der Waals surface area contributed by atoms with E-state index in [0.29, 0.717) is 6.54 Å². The molecule has 0 radical (unpaired) electrons. The molecule has 1 aliphatic heterocycles. The molecule has 0 aliphatic carbocycles. The van der Waals surface area contributed by atoms with Crippen molar-refractivity contribution in [3.63, 3.8) is 0 Å². The molecule has 1 aliphatic rings. The summed E-state index contributed by atoms with van der Waals surface area (Å²) < 4.78 is 0. The third-order valence-corrected chi connectivity index (χ3v) is 3.41. The summed E-state index contributed by atoms with van der Waals surface area (Å²) in [5.41, 5.74) is 3.01. The zero-order valence-corrected chi connectivity index (χ0v) is 10.6. The van der Waals surface area contributed by atoms with Crippen molar-refractivity contribution in [3.05, 3.63) is 29.3 Å². The van der Waals surface area contributed by atoms with Crippen LogP contribution in [0, 0.1) is 19.8 Å². The Bertz CT molecular complexity index is 484. The molecule has 2 rings (SSSR count). The summed E-state index contributed by atoms with van der Waals surface area (Å²) in [5.74, 6) is -0.401. The van der Waals surface area contributed by atoms with Gasteiger partial charge in [0.1, 0.15) is 0 Å². The van der Waals surface area contributed by atoms with Gasteiger partial charge in [-0.2, -0.15) is 0 Å². The first-order valence-electron chi connectivity index (χ1n) is 5.56. The van der Waals surface area contributed by atoms with Crippen LogP contribution in [-0.4, -0.2) is 17.7 Å². The summed E-state index contributed by atoms with van der Waals surface area (Å²) >= 11 is 5.46. The molecule has 4 heteroatoms. The minimum Gasteiger partial charge on any atom is -0.311 e. The fraction of sp³-hybridized carbons (Fsp3) is 0.385. The van der Waals surface area contributed by atoms with Crippen molar-refractivity contribution < 1.29 is 9.59 Å². The number of amides is 1. The number of anilines is 1. The quantitative estimate of drug-likeness (QED) is 0.757. The topological polar surface area (TPSA) is 37.4 Å². The second-order valence-corrected chi connectivity index (χ2v) is 4.87. The first-order chi connectivity index (χ1) is 7.99. The molecule has 90 valence electrons. The van der Waals surface area contributed by atoms with Crippen LogP contribution in [0.1, 0.15) is 17.5 Å². The Labute approximate surface area is 105 Å². The van der Waals surface area contributed by atoms with Crippen molar-refractivity contribution in [2.24, 2.45) is 5.92 Å². The van der Waals surface area contributed by atoms with E-state index < -0.39 is 5.24 Å². The highest BCUT2D eigenvalue weighted by Crippen LogP contribution is 2.29. The Morgan fingerprint density at radius 2 is 2.12 bits per heavy atom. The Hall–Kier alpha value is -1.35. The average molecular weight is 252 g/mol. The molecule has 1 atom stereocenters. The third kappa shape index (κ3) is 2.34. The Morgan fingerprint density at radius 3 is 2.71 bits per heavy atom. The number of carbonyl (C=O) groups excluding carboxylic acids is 2. The lowest BCUT2D eigenvalue weighted by atomic mass is 10.1. The van der Waals surface area contributed by atoms with E-state index in [-0.39, 0.29) is 18.2 Å². The second-order valence-electron chi connectivity index (χ2n) is 4.50. The largest absolute Gasteiger partial charge is 0.311 e. The summed E-state index contributed by atoms with van der Waals surface area (Å²) in [7, 11) is 0. The summed E-state index contributed by atoms with van der Waals surface area (Å²) in [4.78, 5) is 24.6. The molecule has 17 heavy (non-hydrogen) atoms. The number of nitrogens with zero attached hydrogens (tertiary/aromatic N) is 1. The molecule has 0 bridgehead atoms. The molecule has 0 N–H and O–H groups in total. The Balaban J connectivity index is 2.32. The van der Waals surface area contributed by atoms with Crippen molar-refractivity contribution in [3.8, 4) is 0 Å². The molecule has 1 aromatic carbocycles. The van der Waals surface area contributed by atoms with Gasteiger partial charge in [-0.15, -0.1) is 0 Å². The van der Waals surface area contributed by atoms with Crippen LogP contribution in [0.15, 0.2) is 18.2 Å². The highest BCUT2D eigenvalue weighted by atomic mass is 35.5. The van der Waals surface area contributed by atoms with Gasteiger partial charge in [-0.1, -0.05) is 12.1 Å². The number of rotatable bonds is 2. The number of hydrogen-bond donors (Lipinski definition) is 0. The van der Waals surface area contributed by atoms with Gasteiger partial charge >= 0.3 is 0 Å². The van der Waals surface area contributed by atoms with Gasteiger partial charge in [0, 0.05) is 18.7 Å². The van der Waals surface area contributed by atoms with Crippen LogP contribution in [0.25, 0.3) is 0 Å². The van der Waals surface area contributed by atoms with Gasteiger partial charge in [-0.3, -0.25) is 9.59 Å². The van der Waals surface area contributed by atoms with Gasteiger partial charge < -0.3 is 4.90 Å². The normalized spacial score (nSPS) is 19.8. The molecule has 1 aromatic rings. The van der Waals surface area contributed by atoms with Gasteiger partial charge in [0.2, 0.25) is 11.1 Å². The summed E-state index contributed by atoms with van der Waals surface area (Å²) in [6.07, 6.45) is 0.218.